The molecule has 0 aliphatic carbocycles. The molecule has 0 fully saturated rings. The molecule has 0 radical (unpaired) electrons. The molecule has 0 bridgehead atoms. The fourth-order valence-corrected chi connectivity index (χ4v) is 3.41. The van der Waals surface area contributed by atoms with E-state index in [0.717, 1.165) is 6.07 Å². The fraction of sp³-hybridized carbons (Fsp3) is 0.174. The monoisotopic (exact) mass is 476 g/mol. The zero-order valence-electron chi connectivity index (χ0n) is 17.2. The molecule has 1 atom stereocenters. The summed E-state index contributed by atoms with van der Waals surface area (Å²) in [7, 11) is 0. The Balaban J connectivity index is 1.86. The number of halogens is 5. The van der Waals surface area contributed by atoms with Crippen molar-refractivity contribution in [2.24, 2.45) is 0 Å². The first-order chi connectivity index (χ1) is 15.6. The highest BCUT2D eigenvalue weighted by Gasteiger charge is 2.37. The van der Waals surface area contributed by atoms with Crippen LogP contribution in [0.4, 0.5) is 29.1 Å². The van der Waals surface area contributed by atoms with E-state index in [0.29, 0.717) is 5.56 Å². The van der Waals surface area contributed by atoms with Gasteiger partial charge in [-0.1, -0.05) is 48.0 Å². The summed E-state index contributed by atoms with van der Waals surface area (Å²) >= 11 is 6.16. The lowest BCUT2D eigenvalue weighted by Gasteiger charge is -2.19. The number of hydrogen-bond acceptors (Lipinski definition) is 4. The van der Waals surface area contributed by atoms with Gasteiger partial charge in [0.05, 0.1) is 22.7 Å². The Morgan fingerprint density at radius 1 is 1.18 bits per heavy atom. The summed E-state index contributed by atoms with van der Waals surface area (Å²) in [6, 6.07) is 12.2. The standard InChI is InChI=1S/C23H17ClF4N4O/c1-13(31-22-21(17(24)10-12-30-22)32-19(33)9-11-29)14-5-7-15(8-6-14)16-3-2-4-18(25)20(16)23(26,27)28/h2-8,10,12-13H,9H2,1H3,(H,30,31)(H,32,33)/t13-/m1/s1. The van der Waals surface area contributed by atoms with Crippen LogP contribution in [0.15, 0.2) is 54.7 Å². The van der Waals surface area contributed by atoms with Crippen LogP contribution in [0.2, 0.25) is 5.02 Å². The number of carbonyl (C=O) groups is 1. The van der Waals surface area contributed by atoms with E-state index in [1.165, 1.54) is 36.5 Å². The van der Waals surface area contributed by atoms with Crippen molar-refractivity contribution in [1.82, 2.24) is 4.98 Å². The highest BCUT2D eigenvalue weighted by Crippen LogP contribution is 2.39. The van der Waals surface area contributed by atoms with Gasteiger partial charge >= 0.3 is 6.18 Å². The van der Waals surface area contributed by atoms with Crippen LogP contribution in [0.3, 0.4) is 0 Å². The number of nitriles is 1. The molecule has 0 unspecified atom stereocenters. The Morgan fingerprint density at radius 3 is 2.52 bits per heavy atom. The van der Waals surface area contributed by atoms with Gasteiger partial charge < -0.3 is 10.6 Å². The van der Waals surface area contributed by atoms with Gasteiger partial charge in [-0.05, 0) is 35.7 Å². The SMILES string of the molecule is C[C@@H](Nc1nccc(Cl)c1NC(=O)CC#N)c1ccc(-c2cccc(F)c2C(F)(F)F)cc1. The fourth-order valence-electron chi connectivity index (χ4n) is 3.21. The third-order valence-electron chi connectivity index (χ3n) is 4.78. The number of benzene rings is 2. The number of aromatic nitrogens is 1. The molecular formula is C23H17ClF4N4O. The van der Waals surface area contributed by atoms with Crippen molar-refractivity contribution in [3.05, 3.63) is 76.7 Å². The molecule has 5 nitrogen and oxygen atoms in total. The number of rotatable bonds is 6. The minimum absolute atomic E-state index is 0.206. The van der Waals surface area contributed by atoms with Crippen LogP contribution in [-0.2, 0) is 11.0 Å². The average molecular weight is 477 g/mol. The number of alkyl halides is 3. The van der Waals surface area contributed by atoms with E-state index in [4.69, 9.17) is 16.9 Å². The number of amides is 1. The second-order valence-corrected chi connectivity index (χ2v) is 7.45. The molecular weight excluding hydrogens is 460 g/mol. The van der Waals surface area contributed by atoms with E-state index in [1.54, 1.807) is 25.1 Å². The van der Waals surface area contributed by atoms with Gasteiger partial charge in [-0.25, -0.2) is 9.37 Å². The smallest absolute Gasteiger partial charge is 0.362 e. The van der Waals surface area contributed by atoms with Gasteiger partial charge in [0.15, 0.2) is 5.82 Å². The van der Waals surface area contributed by atoms with Crippen molar-refractivity contribution in [2.75, 3.05) is 10.6 Å². The highest BCUT2D eigenvalue weighted by atomic mass is 35.5. The van der Waals surface area contributed by atoms with E-state index in [1.807, 2.05) is 0 Å². The van der Waals surface area contributed by atoms with Crippen LogP contribution in [0.25, 0.3) is 11.1 Å². The average Bonchev–Trinajstić information content (AvgIpc) is 2.75. The van der Waals surface area contributed by atoms with Gasteiger partial charge in [-0.15, -0.1) is 0 Å². The summed E-state index contributed by atoms with van der Waals surface area (Å²) in [6.07, 6.45) is -3.76. The second kappa shape index (κ2) is 9.88. The number of carbonyl (C=O) groups excluding carboxylic acids is 1. The van der Waals surface area contributed by atoms with Gasteiger partial charge in [-0.2, -0.15) is 18.4 Å². The molecule has 3 aromatic rings. The second-order valence-electron chi connectivity index (χ2n) is 7.05. The van der Waals surface area contributed by atoms with Gasteiger partial charge in [0.1, 0.15) is 17.9 Å². The van der Waals surface area contributed by atoms with Crippen LogP contribution >= 0.6 is 11.6 Å². The molecule has 1 heterocycles. The van der Waals surface area contributed by atoms with Gasteiger partial charge in [-0.3, -0.25) is 4.79 Å². The molecule has 10 heteroatoms. The molecule has 0 aliphatic heterocycles. The zero-order chi connectivity index (χ0) is 24.2. The normalized spacial score (nSPS) is 12.0. The van der Waals surface area contributed by atoms with Crippen molar-refractivity contribution in [2.45, 2.75) is 25.6 Å². The van der Waals surface area contributed by atoms with Crippen molar-refractivity contribution in [1.29, 1.82) is 5.26 Å². The van der Waals surface area contributed by atoms with Crippen LogP contribution in [0, 0.1) is 17.1 Å². The van der Waals surface area contributed by atoms with Gasteiger partial charge in [0.25, 0.3) is 0 Å². The van der Waals surface area contributed by atoms with E-state index in [-0.39, 0.29) is 40.1 Å². The summed E-state index contributed by atoms with van der Waals surface area (Å²) in [5, 5.41) is 14.5. The molecule has 0 aliphatic rings. The predicted octanol–water partition coefficient (Wildman–Crippen LogP) is 6.59. The number of anilines is 2. The van der Waals surface area contributed by atoms with Crippen LogP contribution in [-0.4, -0.2) is 10.9 Å². The Labute approximate surface area is 192 Å². The number of nitrogens with one attached hydrogen (secondary N) is 2. The molecule has 0 saturated heterocycles. The zero-order valence-corrected chi connectivity index (χ0v) is 17.9. The van der Waals surface area contributed by atoms with E-state index in [9.17, 15) is 22.4 Å². The maximum atomic E-state index is 13.9. The van der Waals surface area contributed by atoms with Crippen molar-refractivity contribution in [3.63, 3.8) is 0 Å². The molecule has 2 N–H and O–H groups in total. The minimum Gasteiger partial charge on any atom is -0.362 e. The number of hydrogen-bond donors (Lipinski definition) is 2. The van der Waals surface area contributed by atoms with Gasteiger partial charge in [0.2, 0.25) is 5.91 Å². The van der Waals surface area contributed by atoms with E-state index in [2.05, 4.69) is 15.6 Å². The molecule has 2 aromatic carbocycles. The number of pyridine rings is 1. The Hall–Kier alpha value is -3.64. The first kappa shape index (κ1) is 24.0. The largest absolute Gasteiger partial charge is 0.419 e. The summed E-state index contributed by atoms with van der Waals surface area (Å²) < 4.78 is 53.9. The lowest BCUT2D eigenvalue weighted by Crippen LogP contribution is -2.15. The molecule has 0 spiro atoms. The highest BCUT2D eigenvalue weighted by molar-refractivity contribution is 6.34. The molecule has 3 rings (SSSR count). The summed E-state index contributed by atoms with van der Waals surface area (Å²) in [5.41, 5.74) is -0.459. The number of nitrogens with zero attached hydrogens (tertiary/aromatic N) is 2. The lowest BCUT2D eigenvalue weighted by molar-refractivity contribution is -0.139. The van der Waals surface area contributed by atoms with Crippen LogP contribution in [0.5, 0.6) is 0 Å². The molecule has 1 amide bonds. The van der Waals surface area contributed by atoms with Crippen LogP contribution < -0.4 is 10.6 Å². The lowest BCUT2D eigenvalue weighted by atomic mass is 9.96. The Bertz CT molecular complexity index is 1210. The van der Waals surface area contributed by atoms with Crippen molar-refractivity contribution >= 4 is 29.0 Å². The maximum Gasteiger partial charge on any atom is 0.419 e. The first-order valence-electron chi connectivity index (χ1n) is 9.65. The molecule has 33 heavy (non-hydrogen) atoms. The Morgan fingerprint density at radius 2 is 1.88 bits per heavy atom. The quantitative estimate of drug-likeness (QED) is 0.394. The summed E-state index contributed by atoms with van der Waals surface area (Å²) in [6.45, 7) is 1.78. The Kier molecular flexibility index (Phi) is 7.19. The van der Waals surface area contributed by atoms with Crippen LogP contribution in [0.1, 0.15) is 30.5 Å². The maximum absolute atomic E-state index is 13.9. The van der Waals surface area contributed by atoms with Crippen molar-refractivity contribution < 1.29 is 22.4 Å². The summed E-state index contributed by atoms with van der Waals surface area (Å²) in [4.78, 5) is 16.0. The third kappa shape index (κ3) is 5.59. The third-order valence-corrected chi connectivity index (χ3v) is 5.09. The molecule has 0 saturated carbocycles. The van der Waals surface area contributed by atoms with Crippen molar-refractivity contribution in [3.8, 4) is 17.2 Å². The van der Waals surface area contributed by atoms with E-state index < -0.39 is 23.5 Å². The topological polar surface area (TPSA) is 77.8 Å². The van der Waals surface area contributed by atoms with Gasteiger partial charge in [0, 0.05) is 6.20 Å². The molecule has 170 valence electrons. The molecule has 1 aromatic heterocycles. The van der Waals surface area contributed by atoms with E-state index >= 15 is 0 Å². The summed E-state index contributed by atoms with van der Waals surface area (Å²) in [5.74, 6) is -1.63. The minimum atomic E-state index is -4.83. The first-order valence-corrected chi connectivity index (χ1v) is 10.0. The predicted molar refractivity (Wildman–Crippen MR) is 117 cm³/mol.